The smallest absolute Gasteiger partial charge is 0.0624 e. The van der Waals surface area contributed by atoms with Crippen molar-refractivity contribution in [3.05, 3.63) is 115 Å². The SMILES string of the molecule is c1ccc(N(c2ccccc2)c2c3c(cc4ccccc24)-c2ccccc2-3)cc1. The molecule has 0 amide bonds. The first kappa shape index (κ1) is 16.1. The van der Waals surface area contributed by atoms with E-state index in [0.29, 0.717) is 0 Å². The summed E-state index contributed by atoms with van der Waals surface area (Å²) in [5.74, 6) is 0. The van der Waals surface area contributed by atoms with Crippen molar-refractivity contribution in [2.75, 3.05) is 4.90 Å². The van der Waals surface area contributed by atoms with Crippen molar-refractivity contribution in [1.29, 1.82) is 0 Å². The highest BCUT2D eigenvalue weighted by atomic mass is 15.1. The maximum absolute atomic E-state index is 2.40. The molecule has 0 aromatic heterocycles. The van der Waals surface area contributed by atoms with Gasteiger partial charge in [0.2, 0.25) is 0 Å². The lowest BCUT2D eigenvalue weighted by Crippen LogP contribution is -2.14. The van der Waals surface area contributed by atoms with Crippen molar-refractivity contribution < 1.29 is 0 Å². The zero-order chi connectivity index (χ0) is 19.2. The highest BCUT2D eigenvalue weighted by Gasteiger charge is 2.30. The monoisotopic (exact) mass is 369 g/mol. The maximum Gasteiger partial charge on any atom is 0.0624 e. The molecule has 29 heavy (non-hydrogen) atoms. The van der Waals surface area contributed by atoms with Gasteiger partial charge in [-0.2, -0.15) is 0 Å². The molecule has 0 bridgehead atoms. The Kier molecular flexibility index (Phi) is 3.54. The third kappa shape index (κ3) is 2.41. The fourth-order valence-corrected chi connectivity index (χ4v) is 4.48. The minimum atomic E-state index is 1.17. The van der Waals surface area contributed by atoms with E-state index in [1.54, 1.807) is 0 Å². The summed E-state index contributed by atoms with van der Waals surface area (Å²) in [7, 11) is 0. The summed E-state index contributed by atoms with van der Waals surface area (Å²) in [6.45, 7) is 0. The number of para-hydroxylation sites is 2. The molecule has 0 heterocycles. The van der Waals surface area contributed by atoms with Crippen LogP contribution < -0.4 is 4.90 Å². The van der Waals surface area contributed by atoms with E-state index >= 15 is 0 Å². The van der Waals surface area contributed by atoms with E-state index in [9.17, 15) is 0 Å². The van der Waals surface area contributed by atoms with Crippen LogP contribution >= 0.6 is 0 Å². The second kappa shape index (κ2) is 6.35. The highest BCUT2D eigenvalue weighted by molar-refractivity contribution is 6.18. The van der Waals surface area contributed by atoms with Gasteiger partial charge < -0.3 is 4.90 Å². The predicted molar refractivity (Wildman–Crippen MR) is 123 cm³/mol. The zero-order valence-corrected chi connectivity index (χ0v) is 15.9. The number of benzene rings is 5. The lowest BCUT2D eigenvalue weighted by molar-refractivity contribution is 1.29. The van der Waals surface area contributed by atoms with Gasteiger partial charge in [0, 0.05) is 22.3 Å². The van der Waals surface area contributed by atoms with Crippen molar-refractivity contribution in [3.8, 4) is 22.3 Å². The molecule has 0 saturated carbocycles. The topological polar surface area (TPSA) is 3.24 Å². The Labute approximate surface area is 170 Å². The third-order valence-electron chi connectivity index (χ3n) is 5.76. The van der Waals surface area contributed by atoms with E-state index in [0.717, 1.165) is 0 Å². The molecular weight excluding hydrogens is 350 g/mol. The van der Waals surface area contributed by atoms with Gasteiger partial charge in [-0.05, 0) is 52.4 Å². The first-order valence-electron chi connectivity index (χ1n) is 9.97. The number of fused-ring (bicyclic) bond motifs is 5. The van der Waals surface area contributed by atoms with E-state index in [1.807, 2.05) is 0 Å². The van der Waals surface area contributed by atoms with E-state index in [4.69, 9.17) is 0 Å². The summed E-state index contributed by atoms with van der Waals surface area (Å²) in [6, 6.07) is 41.1. The second-order valence-electron chi connectivity index (χ2n) is 7.42. The molecule has 1 heteroatoms. The first-order valence-corrected chi connectivity index (χ1v) is 9.97. The Morgan fingerprint density at radius 3 is 1.69 bits per heavy atom. The molecule has 0 radical (unpaired) electrons. The molecule has 1 nitrogen and oxygen atoms in total. The lowest BCUT2D eigenvalue weighted by Gasteiger charge is -2.35. The van der Waals surface area contributed by atoms with Crippen LogP contribution in [0.4, 0.5) is 17.1 Å². The van der Waals surface area contributed by atoms with E-state index in [2.05, 4.69) is 120 Å². The summed E-state index contributed by atoms with van der Waals surface area (Å²) < 4.78 is 0. The maximum atomic E-state index is 2.40. The van der Waals surface area contributed by atoms with Crippen molar-refractivity contribution in [1.82, 2.24) is 0 Å². The van der Waals surface area contributed by atoms with Crippen molar-refractivity contribution in [2.24, 2.45) is 0 Å². The first-order chi connectivity index (χ1) is 14.4. The van der Waals surface area contributed by atoms with Crippen LogP contribution in [0.5, 0.6) is 0 Å². The average Bonchev–Trinajstić information content (AvgIpc) is 2.79. The molecule has 0 saturated heterocycles. The van der Waals surface area contributed by atoms with Gasteiger partial charge >= 0.3 is 0 Å². The largest absolute Gasteiger partial charge is 0.309 e. The van der Waals surface area contributed by atoms with Gasteiger partial charge in [0.05, 0.1) is 5.69 Å². The molecule has 0 atom stereocenters. The summed E-state index contributed by atoms with van der Waals surface area (Å²) in [4.78, 5) is 2.40. The zero-order valence-electron chi connectivity index (χ0n) is 15.9. The van der Waals surface area contributed by atoms with Crippen molar-refractivity contribution >= 4 is 27.8 Å². The second-order valence-corrected chi connectivity index (χ2v) is 7.42. The minimum Gasteiger partial charge on any atom is -0.309 e. The normalized spacial score (nSPS) is 11.4. The Morgan fingerprint density at radius 2 is 1.00 bits per heavy atom. The van der Waals surface area contributed by atoms with Crippen molar-refractivity contribution in [2.45, 2.75) is 0 Å². The molecule has 0 unspecified atom stereocenters. The fraction of sp³-hybridized carbons (Fsp3) is 0. The summed E-state index contributed by atoms with van der Waals surface area (Å²) in [6.07, 6.45) is 0. The summed E-state index contributed by atoms with van der Waals surface area (Å²) in [5.41, 5.74) is 8.95. The molecule has 0 aliphatic heterocycles. The molecule has 0 spiro atoms. The quantitative estimate of drug-likeness (QED) is 0.306. The molecule has 1 aliphatic rings. The minimum absolute atomic E-state index is 1.17. The molecule has 136 valence electrons. The number of rotatable bonds is 3. The summed E-state index contributed by atoms with van der Waals surface area (Å²) >= 11 is 0. The van der Waals surface area contributed by atoms with E-state index < -0.39 is 0 Å². The van der Waals surface area contributed by atoms with Gasteiger partial charge in [-0.3, -0.25) is 0 Å². The van der Waals surface area contributed by atoms with Gasteiger partial charge in [-0.25, -0.2) is 0 Å². The Balaban J connectivity index is 1.73. The molecular formula is C28H19N. The standard InChI is InChI=1S/C28H19N/c1-3-12-21(13-4-1)29(22-14-5-2-6-15-22)28-23-16-8-7-11-20(23)19-26-24-17-9-10-18-25(24)27(26)28/h1-19H. The van der Waals surface area contributed by atoms with Crippen LogP contribution in [0, 0.1) is 0 Å². The Hall–Kier alpha value is -3.84. The molecule has 5 aromatic carbocycles. The van der Waals surface area contributed by atoms with E-state index in [-0.39, 0.29) is 0 Å². The van der Waals surface area contributed by atoms with Gasteiger partial charge in [-0.1, -0.05) is 84.9 Å². The van der Waals surface area contributed by atoms with Crippen LogP contribution in [0.2, 0.25) is 0 Å². The summed E-state index contributed by atoms with van der Waals surface area (Å²) in [5, 5.41) is 2.54. The third-order valence-corrected chi connectivity index (χ3v) is 5.76. The van der Waals surface area contributed by atoms with Crippen LogP contribution in [0.1, 0.15) is 0 Å². The van der Waals surface area contributed by atoms with Crippen LogP contribution in [0.25, 0.3) is 33.0 Å². The average molecular weight is 369 g/mol. The van der Waals surface area contributed by atoms with Crippen LogP contribution in [0.15, 0.2) is 115 Å². The lowest BCUT2D eigenvalue weighted by atomic mass is 9.77. The number of hydrogen-bond acceptors (Lipinski definition) is 1. The molecule has 5 aromatic rings. The van der Waals surface area contributed by atoms with Gasteiger partial charge in [0.1, 0.15) is 0 Å². The number of anilines is 3. The number of nitrogens with zero attached hydrogens (tertiary/aromatic N) is 1. The predicted octanol–water partition coefficient (Wildman–Crippen LogP) is 7.96. The van der Waals surface area contributed by atoms with Crippen LogP contribution in [-0.4, -0.2) is 0 Å². The Morgan fingerprint density at radius 1 is 0.448 bits per heavy atom. The number of hydrogen-bond donors (Lipinski definition) is 0. The van der Waals surface area contributed by atoms with Gasteiger partial charge in [0.25, 0.3) is 0 Å². The molecule has 6 rings (SSSR count). The van der Waals surface area contributed by atoms with Crippen molar-refractivity contribution in [3.63, 3.8) is 0 Å². The highest BCUT2D eigenvalue weighted by Crippen LogP contribution is 2.56. The van der Waals surface area contributed by atoms with E-state index in [1.165, 1.54) is 50.1 Å². The van der Waals surface area contributed by atoms with Gasteiger partial charge in [0.15, 0.2) is 0 Å². The molecule has 0 fully saturated rings. The molecule has 0 N–H and O–H groups in total. The van der Waals surface area contributed by atoms with Crippen LogP contribution in [-0.2, 0) is 0 Å². The molecule has 1 aliphatic carbocycles. The Bertz CT molecular complexity index is 1300. The fourth-order valence-electron chi connectivity index (χ4n) is 4.48. The van der Waals surface area contributed by atoms with Crippen LogP contribution in [0.3, 0.4) is 0 Å². The van der Waals surface area contributed by atoms with Gasteiger partial charge in [-0.15, -0.1) is 0 Å².